The predicted molar refractivity (Wildman–Crippen MR) is 106 cm³/mol. The van der Waals surface area contributed by atoms with E-state index in [-0.39, 0.29) is 5.56 Å². The first-order valence-electron chi connectivity index (χ1n) is 8.56. The van der Waals surface area contributed by atoms with Crippen molar-refractivity contribution in [2.45, 2.75) is 13.3 Å². The van der Waals surface area contributed by atoms with E-state index in [0.717, 1.165) is 0 Å². The van der Waals surface area contributed by atoms with Gasteiger partial charge in [-0.05, 0) is 49.4 Å². The molecule has 0 bridgehead atoms. The van der Waals surface area contributed by atoms with Gasteiger partial charge in [0.1, 0.15) is 5.75 Å². The number of rotatable bonds is 4. The van der Waals surface area contributed by atoms with Crippen LogP contribution in [-0.2, 0) is 0 Å². The average molecular weight is 400 g/mol. The van der Waals surface area contributed by atoms with E-state index in [9.17, 15) is 8.78 Å². The topological polar surface area (TPSA) is 39.9 Å². The first kappa shape index (κ1) is 18.4. The third kappa shape index (κ3) is 3.20. The smallest absolute Gasteiger partial charge is 0.264 e. The van der Waals surface area contributed by atoms with Crippen LogP contribution >= 0.6 is 11.6 Å². The van der Waals surface area contributed by atoms with Crippen LogP contribution in [0.1, 0.15) is 17.7 Å². The average Bonchev–Trinajstić information content (AvgIpc) is 3.04. The van der Waals surface area contributed by atoms with Crippen molar-refractivity contribution < 1.29 is 13.5 Å². The maximum absolute atomic E-state index is 13.8. The molecule has 0 fully saturated rings. The number of benzene rings is 2. The summed E-state index contributed by atoms with van der Waals surface area (Å²) in [6, 6.07) is 15.5. The summed E-state index contributed by atoms with van der Waals surface area (Å²) in [6.45, 7) is 1.71. The molecule has 0 radical (unpaired) electrons. The standard InChI is InChI=1S/C21H16ClF2N3O/c1-12-19-17(20(23)24)11-18(13-3-5-14(22)6-4-13)25-21(19)27(26-12)15-7-9-16(28-2)10-8-15/h3-11,20H,1-2H3. The number of aryl methyl sites for hydroxylation is 1. The Morgan fingerprint density at radius 3 is 2.32 bits per heavy atom. The van der Waals surface area contributed by atoms with Gasteiger partial charge in [0.2, 0.25) is 0 Å². The number of hydrogen-bond donors (Lipinski definition) is 0. The second kappa shape index (κ2) is 7.20. The normalized spacial score (nSPS) is 11.4. The van der Waals surface area contributed by atoms with Gasteiger partial charge < -0.3 is 4.74 Å². The molecule has 0 amide bonds. The highest BCUT2D eigenvalue weighted by Crippen LogP contribution is 2.34. The van der Waals surface area contributed by atoms with Crippen LogP contribution < -0.4 is 4.74 Å². The molecule has 2 aromatic heterocycles. The molecule has 0 unspecified atom stereocenters. The van der Waals surface area contributed by atoms with Crippen LogP contribution in [0.25, 0.3) is 28.0 Å². The first-order chi connectivity index (χ1) is 13.5. The van der Waals surface area contributed by atoms with Gasteiger partial charge in [-0.3, -0.25) is 0 Å². The number of halogens is 3. The molecule has 0 aliphatic heterocycles. The zero-order valence-electron chi connectivity index (χ0n) is 15.2. The number of fused-ring (bicyclic) bond motifs is 1. The summed E-state index contributed by atoms with van der Waals surface area (Å²) in [5, 5.41) is 5.40. The Hall–Kier alpha value is -2.99. The Morgan fingerprint density at radius 1 is 1.04 bits per heavy atom. The van der Waals surface area contributed by atoms with Crippen molar-refractivity contribution in [3.63, 3.8) is 0 Å². The summed E-state index contributed by atoms with van der Waals surface area (Å²) in [4.78, 5) is 4.65. The molecule has 4 rings (SSSR count). The van der Waals surface area contributed by atoms with Crippen molar-refractivity contribution in [1.29, 1.82) is 0 Å². The molecule has 0 spiro atoms. The lowest BCUT2D eigenvalue weighted by Gasteiger charge is -2.09. The van der Waals surface area contributed by atoms with Gasteiger partial charge in [0.25, 0.3) is 6.43 Å². The van der Waals surface area contributed by atoms with Crippen LogP contribution in [0.15, 0.2) is 54.6 Å². The summed E-state index contributed by atoms with van der Waals surface area (Å²) in [6.07, 6.45) is -2.65. The molecule has 2 aromatic carbocycles. The molecule has 0 aliphatic carbocycles. The number of aromatic nitrogens is 3. The van der Waals surface area contributed by atoms with Gasteiger partial charge in [-0.1, -0.05) is 23.7 Å². The highest BCUT2D eigenvalue weighted by Gasteiger charge is 2.21. The van der Waals surface area contributed by atoms with E-state index in [1.54, 1.807) is 55.1 Å². The highest BCUT2D eigenvalue weighted by molar-refractivity contribution is 6.30. The second-order valence-corrected chi connectivity index (χ2v) is 6.73. The fraction of sp³-hybridized carbons (Fsp3) is 0.143. The van der Waals surface area contributed by atoms with E-state index in [0.29, 0.717) is 44.4 Å². The van der Waals surface area contributed by atoms with E-state index in [1.807, 2.05) is 12.1 Å². The van der Waals surface area contributed by atoms with E-state index < -0.39 is 6.43 Å². The van der Waals surface area contributed by atoms with Crippen LogP contribution in [0.5, 0.6) is 5.75 Å². The molecule has 0 saturated heterocycles. The lowest BCUT2D eigenvalue weighted by atomic mass is 10.1. The molecule has 7 heteroatoms. The zero-order chi connectivity index (χ0) is 19.8. The third-order valence-electron chi connectivity index (χ3n) is 4.54. The summed E-state index contributed by atoms with van der Waals surface area (Å²) in [5.74, 6) is 0.694. The minimum atomic E-state index is -2.65. The third-order valence-corrected chi connectivity index (χ3v) is 4.79. The zero-order valence-corrected chi connectivity index (χ0v) is 15.9. The number of nitrogens with zero attached hydrogens (tertiary/aromatic N) is 3. The lowest BCUT2D eigenvalue weighted by Crippen LogP contribution is -2.00. The molecular weight excluding hydrogens is 384 g/mol. The Balaban J connectivity index is 1.97. The molecule has 0 aliphatic rings. The number of alkyl halides is 2. The fourth-order valence-electron chi connectivity index (χ4n) is 3.17. The minimum absolute atomic E-state index is 0.0905. The van der Waals surface area contributed by atoms with E-state index in [2.05, 4.69) is 10.1 Å². The highest BCUT2D eigenvalue weighted by atomic mass is 35.5. The Kier molecular flexibility index (Phi) is 4.73. The molecule has 0 atom stereocenters. The van der Waals surface area contributed by atoms with Gasteiger partial charge in [0, 0.05) is 16.1 Å². The van der Waals surface area contributed by atoms with Crippen LogP contribution in [0, 0.1) is 6.92 Å². The molecule has 4 nitrogen and oxygen atoms in total. The molecule has 2 heterocycles. The van der Waals surface area contributed by atoms with E-state index in [1.165, 1.54) is 6.07 Å². The van der Waals surface area contributed by atoms with E-state index in [4.69, 9.17) is 16.3 Å². The number of ether oxygens (including phenoxy) is 1. The lowest BCUT2D eigenvalue weighted by molar-refractivity contribution is 0.153. The van der Waals surface area contributed by atoms with Crippen molar-refractivity contribution in [1.82, 2.24) is 14.8 Å². The summed E-state index contributed by atoms with van der Waals surface area (Å²) < 4.78 is 34.4. The van der Waals surface area contributed by atoms with Gasteiger partial charge in [0.15, 0.2) is 5.65 Å². The maximum Gasteiger partial charge on any atom is 0.264 e. The van der Waals surface area contributed by atoms with Crippen molar-refractivity contribution in [2.24, 2.45) is 0 Å². The summed E-state index contributed by atoms with van der Waals surface area (Å²) in [7, 11) is 1.58. The SMILES string of the molecule is COc1ccc(-n2nc(C)c3c(C(F)F)cc(-c4ccc(Cl)cc4)nc32)cc1. The molecular formula is C21H16ClF2N3O. The van der Waals surface area contributed by atoms with Gasteiger partial charge in [-0.15, -0.1) is 0 Å². The van der Waals surface area contributed by atoms with Crippen molar-refractivity contribution in [3.05, 3.63) is 70.9 Å². The summed E-state index contributed by atoms with van der Waals surface area (Å²) >= 11 is 5.94. The van der Waals surface area contributed by atoms with Crippen molar-refractivity contribution >= 4 is 22.6 Å². The Labute approximate surface area is 165 Å². The second-order valence-electron chi connectivity index (χ2n) is 6.30. The quantitative estimate of drug-likeness (QED) is 0.423. The number of pyridine rings is 1. The van der Waals surface area contributed by atoms with Gasteiger partial charge in [-0.25, -0.2) is 18.4 Å². The van der Waals surface area contributed by atoms with Gasteiger partial charge in [0.05, 0.1) is 29.6 Å². The van der Waals surface area contributed by atoms with Crippen LogP contribution in [0.3, 0.4) is 0 Å². The maximum atomic E-state index is 13.8. The van der Waals surface area contributed by atoms with Crippen molar-refractivity contribution in [3.8, 4) is 22.7 Å². The van der Waals surface area contributed by atoms with Crippen molar-refractivity contribution in [2.75, 3.05) is 7.11 Å². The summed E-state index contributed by atoms with van der Waals surface area (Å²) in [5.41, 5.74) is 2.64. The molecule has 28 heavy (non-hydrogen) atoms. The van der Waals surface area contributed by atoms with Crippen LogP contribution in [0.2, 0.25) is 5.02 Å². The molecule has 0 saturated carbocycles. The molecule has 142 valence electrons. The van der Waals surface area contributed by atoms with E-state index >= 15 is 0 Å². The Bertz CT molecular complexity index is 1140. The van der Waals surface area contributed by atoms with Gasteiger partial charge in [-0.2, -0.15) is 5.10 Å². The molecule has 0 N–H and O–H groups in total. The van der Waals surface area contributed by atoms with Gasteiger partial charge >= 0.3 is 0 Å². The predicted octanol–water partition coefficient (Wildman–Crippen LogP) is 6.00. The Morgan fingerprint density at radius 2 is 1.71 bits per heavy atom. The first-order valence-corrected chi connectivity index (χ1v) is 8.94. The number of methoxy groups -OCH3 is 1. The fourth-order valence-corrected chi connectivity index (χ4v) is 3.29. The largest absolute Gasteiger partial charge is 0.497 e. The minimum Gasteiger partial charge on any atom is -0.497 e. The molecule has 4 aromatic rings. The van der Waals surface area contributed by atoms with Crippen LogP contribution in [-0.4, -0.2) is 21.9 Å². The number of hydrogen-bond acceptors (Lipinski definition) is 3. The monoisotopic (exact) mass is 399 g/mol. The van der Waals surface area contributed by atoms with Crippen LogP contribution in [0.4, 0.5) is 8.78 Å².